The van der Waals surface area contributed by atoms with E-state index < -0.39 is 0 Å². The van der Waals surface area contributed by atoms with Gasteiger partial charge in [-0.05, 0) is 79.3 Å². The molecular formula is C32H39FN2O. The third-order valence-corrected chi connectivity index (χ3v) is 8.57. The lowest BCUT2D eigenvalue weighted by atomic mass is 9.72. The topological polar surface area (TPSA) is 24.5 Å². The van der Waals surface area contributed by atoms with Gasteiger partial charge in [-0.2, -0.15) is 0 Å². The minimum absolute atomic E-state index is 0.202. The van der Waals surface area contributed by atoms with E-state index in [1.165, 1.54) is 51.2 Å². The highest BCUT2D eigenvalue weighted by Gasteiger charge is 2.52. The molecule has 0 aromatic heterocycles. The number of benzene rings is 3. The number of ether oxygens (including phenoxy) is 1. The molecule has 0 amide bonds. The Bertz CT molecular complexity index is 1240. The normalized spacial score (nSPS) is 18.9. The minimum Gasteiger partial charge on any atom is -0.486 e. The summed E-state index contributed by atoms with van der Waals surface area (Å²) in [6, 6.07) is 16.0. The molecule has 0 saturated carbocycles. The lowest BCUT2D eigenvalue weighted by molar-refractivity contribution is 0.0145. The molecule has 36 heavy (non-hydrogen) atoms. The summed E-state index contributed by atoms with van der Waals surface area (Å²) in [5.41, 5.74) is 9.79. The Morgan fingerprint density at radius 3 is 2.19 bits per heavy atom. The molecule has 2 aliphatic rings. The molecule has 3 aromatic carbocycles. The van der Waals surface area contributed by atoms with Crippen LogP contribution in [0, 0.1) is 26.6 Å². The van der Waals surface area contributed by atoms with Gasteiger partial charge >= 0.3 is 0 Å². The van der Waals surface area contributed by atoms with Crippen LogP contribution in [0.1, 0.15) is 77.5 Å². The van der Waals surface area contributed by atoms with Crippen molar-refractivity contribution >= 4 is 5.69 Å². The summed E-state index contributed by atoms with van der Waals surface area (Å²) in [6.45, 7) is 13.9. The number of fused-ring (bicyclic) bond motifs is 1. The van der Waals surface area contributed by atoms with Crippen molar-refractivity contribution in [3.05, 3.63) is 93.3 Å². The van der Waals surface area contributed by atoms with E-state index in [0.29, 0.717) is 12.5 Å². The van der Waals surface area contributed by atoms with Gasteiger partial charge in [0.2, 0.25) is 0 Å². The predicted molar refractivity (Wildman–Crippen MR) is 147 cm³/mol. The quantitative estimate of drug-likeness (QED) is 0.405. The fourth-order valence-corrected chi connectivity index (χ4v) is 6.14. The first kappa shape index (κ1) is 24.8. The molecule has 0 radical (unpaired) electrons. The van der Waals surface area contributed by atoms with E-state index in [1.54, 1.807) is 0 Å². The standard InChI is InChI=1S/C32H39FN2O/c1-20(2)25-9-11-26(12-10-25)29-28-23(5)30(34-19-24-7-13-27(33)14-8-24)21(3)22(4)31(28)36-32(29)15-17-35(6)18-16-32/h7-14,20,29,34H,15-19H2,1-6H3. The van der Waals surface area contributed by atoms with E-state index in [0.717, 1.165) is 37.2 Å². The third-order valence-electron chi connectivity index (χ3n) is 8.57. The Morgan fingerprint density at radius 1 is 0.944 bits per heavy atom. The zero-order valence-electron chi connectivity index (χ0n) is 22.5. The van der Waals surface area contributed by atoms with Gasteiger partial charge in [-0.25, -0.2) is 4.39 Å². The molecule has 5 rings (SSSR count). The van der Waals surface area contributed by atoms with Gasteiger partial charge in [-0.15, -0.1) is 0 Å². The molecule has 4 heteroatoms. The Balaban J connectivity index is 1.59. The molecule has 0 bridgehead atoms. The SMILES string of the molecule is Cc1c(C)c2c(c(C)c1NCc1ccc(F)cc1)C(c1ccc(C(C)C)cc1)C1(CCN(C)CC1)O2. The Kier molecular flexibility index (Phi) is 6.59. The molecule has 1 spiro atoms. The Hall–Kier alpha value is -2.85. The van der Waals surface area contributed by atoms with E-state index in [1.807, 2.05) is 12.1 Å². The summed E-state index contributed by atoms with van der Waals surface area (Å²) >= 11 is 0. The number of rotatable bonds is 5. The molecule has 3 aromatic rings. The molecule has 190 valence electrons. The van der Waals surface area contributed by atoms with Gasteiger partial charge in [-0.3, -0.25) is 0 Å². The molecule has 2 heterocycles. The maximum Gasteiger partial charge on any atom is 0.127 e. The van der Waals surface area contributed by atoms with Gasteiger partial charge in [0.1, 0.15) is 17.2 Å². The largest absolute Gasteiger partial charge is 0.486 e. The average molecular weight is 487 g/mol. The highest BCUT2D eigenvalue weighted by Crippen LogP contribution is 2.56. The van der Waals surface area contributed by atoms with Gasteiger partial charge in [0, 0.05) is 43.7 Å². The Morgan fingerprint density at radius 2 is 1.58 bits per heavy atom. The number of anilines is 1. The van der Waals surface area contributed by atoms with Crippen LogP contribution in [0.5, 0.6) is 5.75 Å². The molecule has 0 aliphatic carbocycles. The van der Waals surface area contributed by atoms with Gasteiger partial charge in [0.05, 0.1) is 5.92 Å². The molecule has 3 nitrogen and oxygen atoms in total. The van der Waals surface area contributed by atoms with Gasteiger partial charge in [0.25, 0.3) is 0 Å². The molecule has 1 fully saturated rings. The molecule has 1 N–H and O–H groups in total. The number of piperidine rings is 1. The number of nitrogens with zero attached hydrogens (tertiary/aromatic N) is 1. The highest BCUT2D eigenvalue weighted by molar-refractivity contribution is 5.71. The van der Waals surface area contributed by atoms with E-state index in [2.05, 4.69) is 76.1 Å². The van der Waals surface area contributed by atoms with Crippen molar-refractivity contribution in [3.8, 4) is 5.75 Å². The van der Waals surface area contributed by atoms with Crippen LogP contribution in [-0.4, -0.2) is 30.6 Å². The van der Waals surface area contributed by atoms with Crippen molar-refractivity contribution in [2.24, 2.45) is 0 Å². The molecule has 1 unspecified atom stereocenters. The maximum absolute atomic E-state index is 13.4. The number of nitrogens with one attached hydrogen (secondary N) is 1. The Labute approximate surface area is 215 Å². The summed E-state index contributed by atoms with van der Waals surface area (Å²) < 4.78 is 20.5. The number of hydrogen-bond donors (Lipinski definition) is 1. The third kappa shape index (κ3) is 4.30. The molecular weight excluding hydrogens is 447 g/mol. The predicted octanol–water partition coefficient (Wildman–Crippen LogP) is 7.48. The zero-order chi connectivity index (χ0) is 25.6. The lowest BCUT2D eigenvalue weighted by Gasteiger charge is -2.41. The summed E-state index contributed by atoms with van der Waals surface area (Å²) in [5, 5.41) is 3.70. The van der Waals surface area contributed by atoms with Crippen molar-refractivity contribution in [2.75, 3.05) is 25.5 Å². The minimum atomic E-state index is -0.217. The zero-order valence-corrected chi connectivity index (χ0v) is 22.5. The fourth-order valence-electron chi connectivity index (χ4n) is 6.14. The van der Waals surface area contributed by atoms with Crippen LogP contribution < -0.4 is 10.1 Å². The molecule has 1 atom stereocenters. The summed E-state index contributed by atoms with van der Waals surface area (Å²) in [7, 11) is 2.21. The maximum atomic E-state index is 13.4. The first-order valence-electron chi connectivity index (χ1n) is 13.3. The molecule has 2 aliphatic heterocycles. The average Bonchev–Trinajstić information content (AvgIpc) is 3.20. The van der Waals surface area contributed by atoms with Gasteiger partial charge in [-0.1, -0.05) is 50.2 Å². The van der Waals surface area contributed by atoms with Crippen molar-refractivity contribution in [1.82, 2.24) is 4.90 Å². The second-order valence-corrected chi connectivity index (χ2v) is 11.2. The van der Waals surface area contributed by atoms with E-state index in [-0.39, 0.29) is 17.3 Å². The number of halogens is 1. The second kappa shape index (κ2) is 9.55. The summed E-state index contributed by atoms with van der Waals surface area (Å²) in [4.78, 5) is 2.41. The van der Waals surface area contributed by atoms with Crippen molar-refractivity contribution in [2.45, 2.75) is 71.4 Å². The van der Waals surface area contributed by atoms with Crippen molar-refractivity contribution < 1.29 is 9.13 Å². The first-order valence-corrected chi connectivity index (χ1v) is 13.3. The summed E-state index contributed by atoms with van der Waals surface area (Å²) in [6.07, 6.45) is 2.04. The van der Waals surface area contributed by atoms with Crippen LogP contribution in [-0.2, 0) is 6.54 Å². The second-order valence-electron chi connectivity index (χ2n) is 11.2. The van der Waals surface area contributed by atoms with Crippen molar-refractivity contribution in [1.29, 1.82) is 0 Å². The van der Waals surface area contributed by atoms with E-state index >= 15 is 0 Å². The summed E-state index contributed by atoms with van der Waals surface area (Å²) in [5.74, 6) is 1.59. The van der Waals surface area contributed by atoms with Crippen LogP contribution in [0.2, 0.25) is 0 Å². The van der Waals surface area contributed by atoms with Crippen LogP contribution in [0.3, 0.4) is 0 Å². The van der Waals surface area contributed by atoms with Crippen LogP contribution in [0.4, 0.5) is 10.1 Å². The molecule has 1 saturated heterocycles. The van der Waals surface area contributed by atoms with E-state index in [4.69, 9.17) is 4.74 Å². The van der Waals surface area contributed by atoms with Crippen LogP contribution >= 0.6 is 0 Å². The monoisotopic (exact) mass is 486 g/mol. The van der Waals surface area contributed by atoms with Gasteiger partial charge in [0.15, 0.2) is 0 Å². The van der Waals surface area contributed by atoms with E-state index in [9.17, 15) is 4.39 Å². The van der Waals surface area contributed by atoms with Gasteiger partial charge < -0.3 is 15.0 Å². The first-order chi connectivity index (χ1) is 17.2. The highest BCUT2D eigenvalue weighted by atomic mass is 19.1. The van der Waals surface area contributed by atoms with Crippen LogP contribution in [0.15, 0.2) is 48.5 Å². The number of hydrogen-bond acceptors (Lipinski definition) is 3. The smallest absolute Gasteiger partial charge is 0.127 e. The van der Waals surface area contributed by atoms with Crippen LogP contribution in [0.25, 0.3) is 0 Å². The van der Waals surface area contributed by atoms with Crippen molar-refractivity contribution in [3.63, 3.8) is 0 Å². The number of likely N-dealkylation sites (tertiary alicyclic amines) is 1. The lowest BCUT2D eigenvalue weighted by Crippen LogP contribution is -2.48. The fraction of sp³-hybridized carbons (Fsp3) is 0.438.